The number of amides is 1. The fourth-order valence-electron chi connectivity index (χ4n) is 2.67. The van der Waals surface area contributed by atoms with Gasteiger partial charge < -0.3 is 5.32 Å². The van der Waals surface area contributed by atoms with E-state index in [1.807, 2.05) is 50.1 Å². The number of hydrogen-bond acceptors (Lipinski definition) is 4. The average Bonchev–Trinajstić information content (AvgIpc) is 2.59. The highest BCUT2D eigenvalue weighted by atomic mass is 32.2. The van der Waals surface area contributed by atoms with Crippen molar-refractivity contribution in [3.63, 3.8) is 0 Å². The number of sulfone groups is 1. The number of benzene rings is 2. The first-order chi connectivity index (χ1) is 12.2. The Kier molecular flexibility index (Phi) is 6.56. The summed E-state index contributed by atoms with van der Waals surface area (Å²) in [7, 11) is -1.32. The van der Waals surface area contributed by atoms with Crippen LogP contribution in [0.5, 0.6) is 0 Å². The van der Waals surface area contributed by atoms with E-state index in [2.05, 4.69) is 5.32 Å². The molecule has 0 aliphatic carbocycles. The summed E-state index contributed by atoms with van der Waals surface area (Å²) in [5, 5.41) is 2.95. The summed E-state index contributed by atoms with van der Waals surface area (Å²) < 4.78 is 23.1. The van der Waals surface area contributed by atoms with Gasteiger partial charge in [-0.1, -0.05) is 36.4 Å². The highest BCUT2D eigenvalue weighted by Crippen LogP contribution is 2.20. The Morgan fingerprint density at radius 3 is 2.31 bits per heavy atom. The number of nitrogens with zero attached hydrogens (tertiary/aromatic N) is 1. The van der Waals surface area contributed by atoms with Crippen molar-refractivity contribution < 1.29 is 13.2 Å². The Balaban J connectivity index is 1.92. The number of rotatable bonds is 7. The molecule has 0 spiro atoms. The van der Waals surface area contributed by atoms with Crippen LogP contribution in [0.1, 0.15) is 29.7 Å². The molecule has 1 unspecified atom stereocenters. The van der Waals surface area contributed by atoms with E-state index in [9.17, 15) is 13.2 Å². The predicted molar refractivity (Wildman–Crippen MR) is 104 cm³/mol. The van der Waals surface area contributed by atoms with E-state index < -0.39 is 9.84 Å². The highest BCUT2D eigenvalue weighted by Gasteiger charge is 2.16. The molecule has 0 radical (unpaired) electrons. The van der Waals surface area contributed by atoms with Gasteiger partial charge in [0, 0.05) is 18.8 Å². The van der Waals surface area contributed by atoms with Gasteiger partial charge in [0.2, 0.25) is 5.91 Å². The SMILES string of the molecule is Cc1ccccc1CNC(=O)CN(C)C(C)c1ccc(S(C)(=O)=O)cc1. The number of hydrogen-bond donors (Lipinski definition) is 1. The zero-order valence-electron chi connectivity index (χ0n) is 15.7. The fourth-order valence-corrected chi connectivity index (χ4v) is 3.30. The van der Waals surface area contributed by atoms with Gasteiger partial charge >= 0.3 is 0 Å². The first-order valence-corrected chi connectivity index (χ1v) is 10.4. The van der Waals surface area contributed by atoms with Crippen molar-refractivity contribution in [2.24, 2.45) is 0 Å². The van der Waals surface area contributed by atoms with Crippen molar-refractivity contribution in [1.82, 2.24) is 10.2 Å². The third kappa shape index (κ3) is 5.41. The molecular formula is C20H26N2O3S. The summed E-state index contributed by atoms with van der Waals surface area (Å²) in [5.41, 5.74) is 3.22. The van der Waals surface area contributed by atoms with Crippen LogP contribution < -0.4 is 5.32 Å². The average molecular weight is 375 g/mol. The summed E-state index contributed by atoms with van der Waals surface area (Å²) in [6.45, 7) is 4.79. The number of carbonyl (C=O) groups is 1. The van der Waals surface area contributed by atoms with E-state index in [0.29, 0.717) is 11.4 Å². The van der Waals surface area contributed by atoms with Crippen LogP contribution in [-0.2, 0) is 21.2 Å². The molecule has 2 aromatic carbocycles. The van der Waals surface area contributed by atoms with Crippen LogP contribution in [0.4, 0.5) is 0 Å². The molecule has 0 aliphatic rings. The molecule has 0 fully saturated rings. The number of likely N-dealkylation sites (N-methyl/N-ethyl adjacent to an activating group) is 1. The van der Waals surface area contributed by atoms with E-state index >= 15 is 0 Å². The molecule has 5 nitrogen and oxygen atoms in total. The molecule has 1 amide bonds. The Hall–Kier alpha value is -2.18. The van der Waals surface area contributed by atoms with Crippen LogP contribution in [0.2, 0.25) is 0 Å². The third-order valence-corrected chi connectivity index (χ3v) is 5.71. The minimum absolute atomic E-state index is 0.00665. The van der Waals surface area contributed by atoms with Crippen LogP contribution >= 0.6 is 0 Å². The van der Waals surface area contributed by atoms with Gasteiger partial charge in [0.05, 0.1) is 11.4 Å². The van der Waals surface area contributed by atoms with Crippen molar-refractivity contribution in [2.45, 2.75) is 31.3 Å². The number of nitrogens with one attached hydrogen (secondary N) is 1. The lowest BCUT2D eigenvalue weighted by molar-refractivity contribution is -0.122. The Morgan fingerprint density at radius 2 is 1.73 bits per heavy atom. The van der Waals surface area contributed by atoms with Gasteiger partial charge in [-0.05, 0) is 49.7 Å². The van der Waals surface area contributed by atoms with Crippen LogP contribution in [0, 0.1) is 6.92 Å². The molecule has 0 aliphatic heterocycles. The van der Waals surface area contributed by atoms with Gasteiger partial charge in [-0.25, -0.2) is 8.42 Å². The lowest BCUT2D eigenvalue weighted by Crippen LogP contribution is -2.36. The van der Waals surface area contributed by atoms with Crippen LogP contribution in [0.3, 0.4) is 0 Å². The second-order valence-electron chi connectivity index (χ2n) is 6.64. The Labute approximate surface area is 156 Å². The standard InChI is InChI=1S/C20H26N2O3S/c1-15-7-5-6-8-18(15)13-21-20(23)14-22(3)16(2)17-9-11-19(12-10-17)26(4,24)25/h5-12,16H,13-14H2,1-4H3,(H,21,23). The topological polar surface area (TPSA) is 66.5 Å². The zero-order valence-corrected chi connectivity index (χ0v) is 16.5. The smallest absolute Gasteiger partial charge is 0.234 e. The second kappa shape index (κ2) is 8.47. The van der Waals surface area contributed by atoms with Crippen molar-refractivity contribution in [2.75, 3.05) is 19.8 Å². The monoisotopic (exact) mass is 374 g/mol. The van der Waals surface area contributed by atoms with Gasteiger partial charge in [0.15, 0.2) is 9.84 Å². The molecule has 140 valence electrons. The molecule has 6 heteroatoms. The summed E-state index contributed by atoms with van der Waals surface area (Å²) in [5.74, 6) is -0.0460. The van der Waals surface area contributed by atoms with E-state index in [4.69, 9.17) is 0 Å². The normalized spacial score (nSPS) is 12.8. The first kappa shape index (κ1) is 20.1. The molecular weight excluding hydrogens is 348 g/mol. The van der Waals surface area contributed by atoms with Crippen molar-refractivity contribution in [3.05, 3.63) is 65.2 Å². The largest absolute Gasteiger partial charge is 0.351 e. The lowest BCUT2D eigenvalue weighted by Gasteiger charge is -2.24. The molecule has 1 atom stereocenters. The molecule has 2 rings (SSSR count). The third-order valence-electron chi connectivity index (χ3n) is 4.58. The van der Waals surface area contributed by atoms with Crippen molar-refractivity contribution >= 4 is 15.7 Å². The molecule has 0 saturated carbocycles. The van der Waals surface area contributed by atoms with Gasteiger partial charge in [-0.15, -0.1) is 0 Å². The summed E-state index contributed by atoms with van der Waals surface area (Å²) in [6.07, 6.45) is 1.19. The fraction of sp³-hybridized carbons (Fsp3) is 0.350. The maximum Gasteiger partial charge on any atom is 0.234 e. The van der Waals surface area contributed by atoms with Crippen LogP contribution in [-0.4, -0.2) is 39.1 Å². The summed E-state index contributed by atoms with van der Waals surface area (Å²) in [6, 6.07) is 14.8. The Bertz CT molecular complexity index is 861. The summed E-state index contributed by atoms with van der Waals surface area (Å²) in [4.78, 5) is 14.5. The molecule has 0 heterocycles. The minimum Gasteiger partial charge on any atom is -0.351 e. The van der Waals surface area contributed by atoms with Crippen molar-refractivity contribution in [1.29, 1.82) is 0 Å². The minimum atomic E-state index is -3.20. The van der Waals surface area contributed by atoms with Crippen molar-refractivity contribution in [3.8, 4) is 0 Å². The summed E-state index contributed by atoms with van der Waals surface area (Å²) >= 11 is 0. The van der Waals surface area contributed by atoms with Gasteiger partial charge in [-0.3, -0.25) is 9.69 Å². The Morgan fingerprint density at radius 1 is 1.12 bits per heavy atom. The maximum absolute atomic E-state index is 12.2. The van der Waals surface area contributed by atoms with Crippen LogP contribution in [0.25, 0.3) is 0 Å². The predicted octanol–water partition coefficient (Wildman–Crippen LogP) is 2.71. The lowest BCUT2D eigenvalue weighted by atomic mass is 10.1. The van der Waals surface area contributed by atoms with E-state index in [1.165, 1.54) is 6.26 Å². The van der Waals surface area contributed by atoms with E-state index in [-0.39, 0.29) is 18.5 Å². The molecule has 26 heavy (non-hydrogen) atoms. The molecule has 0 saturated heterocycles. The number of carbonyl (C=O) groups excluding carboxylic acids is 1. The molecule has 0 bridgehead atoms. The first-order valence-electron chi connectivity index (χ1n) is 8.50. The molecule has 0 aromatic heterocycles. The van der Waals surface area contributed by atoms with Gasteiger partial charge in [-0.2, -0.15) is 0 Å². The van der Waals surface area contributed by atoms with Crippen LogP contribution in [0.15, 0.2) is 53.4 Å². The molecule has 1 N–H and O–H groups in total. The van der Waals surface area contributed by atoms with E-state index in [1.54, 1.807) is 24.3 Å². The number of aryl methyl sites for hydroxylation is 1. The quantitative estimate of drug-likeness (QED) is 0.809. The second-order valence-corrected chi connectivity index (χ2v) is 8.65. The molecule has 2 aromatic rings. The van der Waals surface area contributed by atoms with Gasteiger partial charge in [0.25, 0.3) is 0 Å². The van der Waals surface area contributed by atoms with Gasteiger partial charge in [0.1, 0.15) is 0 Å². The maximum atomic E-state index is 12.2. The highest BCUT2D eigenvalue weighted by molar-refractivity contribution is 7.90. The zero-order chi connectivity index (χ0) is 19.3. The van der Waals surface area contributed by atoms with E-state index in [0.717, 1.165) is 16.7 Å².